The van der Waals surface area contributed by atoms with Crippen LogP contribution in [0.25, 0.3) is 0 Å². The van der Waals surface area contributed by atoms with Gasteiger partial charge in [0, 0.05) is 12.1 Å². The maximum Gasteiger partial charge on any atom is 0.196 e. The number of carbonyl (C=O) groups excluding carboxylic acids is 1. The van der Waals surface area contributed by atoms with Gasteiger partial charge in [0.2, 0.25) is 0 Å². The number of methoxy groups -OCH3 is 1. The van der Waals surface area contributed by atoms with Crippen LogP contribution in [0.2, 0.25) is 0 Å². The molecule has 4 atom stereocenters. The summed E-state index contributed by atoms with van der Waals surface area (Å²) in [6, 6.07) is 3.77. The van der Waals surface area contributed by atoms with Crippen LogP contribution in [-0.4, -0.2) is 47.2 Å². The summed E-state index contributed by atoms with van der Waals surface area (Å²) in [5, 5.41) is 11.7. The first-order valence-electron chi connectivity index (χ1n) is 8.27. The Morgan fingerprint density at radius 1 is 1.50 bits per heavy atom. The number of rotatable bonds is 2. The zero-order valence-corrected chi connectivity index (χ0v) is 13.5. The molecule has 24 heavy (non-hydrogen) atoms. The topological polar surface area (TPSA) is 59.0 Å². The Balaban J connectivity index is 1.87. The molecule has 5 nitrogen and oxygen atoms in total. The number of hydrogen-bond donors (Lipinski definition) is 1. The first-order valence-corrected chi connectivity index (χ1v) is 8.27. The summed E-state index contributed by atoms with van der Waals surface area (Å²) in [4.78, 5) is 14.7. The number of benzene rings is 1. The Bertz CT molecular complexity index is 816. The molecule has 2 aliphatic carbocycles. The van der Waals surface area contributed by atoms with Crippen molar-refractivity contribution in [1.82, 2.24) is 4.90 Å². The van der Waals surface area contributed by atoms with Gasteiger partial charge in [-0.3, -0.25) is 4.79 Å². The Morgan fingerprint density at radius 3 is 3.08 bits per heavy atom. The Labute approximate surface area is 140 Å². The third kappa shape index (κ3) is 1.27. The SMILES string of the molecule is C=CN1CCC23c4c5ccc(OC)c4OC2C(=O)C=CC3(O)C1C5. The van der Waals surface area contributed by atoms with Gasteiger partial charge in [-0.05, 0) is 42.8 Å². The van der Waals surface area contributed by atoms with Gasteiger partial charge in [-0.25, -0.2) is 0 Å². The van der Waals surface area contributed by atoms with Crippen molar-refractivity contribution in [1.29, 1.82) is 0 Å². The molecule has 1 aromatic rings. The van der Waals surface area contributed by atoms with Gasteiger partial charge in [0.15, 0.2) is 23.4 Å². The molecule has 1 fully saturated rings. The van der Waals surface area contributed by atoms with E-state index in [1.165, 1.54) is 6.08 Å². The first kappa shape index (κ1) is 14.1. The number of carbonyl (C=O) groups is 1. The van der Waals surface area contributed by atoms with Crippen molar-refractivity contribution >= 4 is 5.78 Å². The average Bonchev–Trinajstić information content (AvgIpc) is 2.93. The van der Waals surface area contributed by atoms with Gasteiger partial charge in [-0.15, -0.1) is 0 Å². The van der Waals surface area contributed by atoms with Gasteiger partial charge < -0.3 is 19.5 Å². The van der Waals surface area contributed by atoms with E-state index in [-0.39, 0.29) is 11.8 Å². The number of aliphatic hydroxyl groups is 1. The molecule has 1 aromatic carbocycles. The van der Waals surface area contributed by atoms with Crippen LogP contribution < -0.4 is 9.47 Å². The van der Waals surface area contributed by atoms with Crippen LogP contribution in [0.15, 0.2) is 37.1 Å². The van der Waals surface area contributed by atoms with Crippen LogP contribution in [0.4, 0.5) is 0 Å². The van der Waals surface area contributed by atoms with Gasteiger partial charge in [-0.1, -0.05) is 12.6 Å². The molecule has 5 rings (SSSR count). The number of likely N-dealkylation sites (tertiary alicyclic amines) is 1. The van der Waals surface area contributed by atoms with Gasteiger partial charge in [0.1, 0.15) is 5.60 Å². The number of ketones is 1. The smallest absolute Gasteiger partial charge is 0.196 e. The molecular weight excluding hydrogens is 306 g/mol. The highest BCUT2D eigenvalue weighted by Gasteiger charge is 2.71. The van der Waals surface area contributed by atoms with E-state index in [0.717, 1.165) is 17.7 Å². The molecule has 0 saturated carbocycles. The van der Waals surface area contributed by atoms with Gasteiger partial charge >= 0.3 is 0 Å². The summed E-state index contributed by atoms with van der Waals surface area (Å²) in [6.45, 7) is 4.64. The highest BCUT2D eigenvalue weighted by molar-refractivity contribution is 5.99. The van der Waals surface area contributed by atoms with Crippen molar-refractivity contribution in [3.05, 3.63) is 48.2 Å². The van der Waals surface area contributed by atoms with Crippen LogP contribution >= 0.6 is 0 Å². The van der Waals surface area contributed by atoms with E-state index >= 15 is 0 Å². The minimum Gasteiger partial charge on any atom is -0.493 e. The van der Waals surface area contributed by atoms with E-state index in [2.05, 4.69) is 11.5 Å². The summed E-state index contributed by atoms with van der Waals surface area (Å²) in [7, 11) is 1.60. The lowest BCUT2D eigenvalue weighted by Gasteiger charge is -2.60. The second kappa shape index (κ2) is 4.22. The van der Waals surface area contributed by atoms with Crippen molar-refractivity contribution in [3.63, 3.8) is 0 Å². The zero-order valence-electron chi connectivity index (χ0n) is 13.5. The Morgan fingerprint density at radius 2 is 2.33 bits per heavy atom. The predicted octanol–water partition coefficient (Wildman–Crippen LogP) is 1.34. The maximum atomic E-state index is 12.6. The van der Waals surface area contributed by atoms with Crippen LogP contribution in [0.1, 0.15) is 17.5 Å². The van der Waals surface area contributed by atoms with Crippen LogP contribution in [-0.2, 0) is 16.6 Å². The highest BCUT2D eigenvalue weighted by atomic mass is 16.5. The fourth-order valence-corrected chi connectivity index (χ4v) is 5.33. The van der Waals surface area contributed by atoms with E-state index in [1.54, 1.807) is 19.4 Å². The molecule has 4 aliphatic rings. The quantitative estimate of drug-likeness (QED) is 0.889. The van der Waals surface area contributed by atoms with Gasteiger partial charge in [0.05, 0.1) is 18.6 Å². The van der Waals surface area contributed by atoms with E-state index in [4.69, 9.17) is 9.47 Å². The minimum absolute atomic E-state index is 0.0865. The minimum atomic E-state index is -1.15. The zero-order chi connectivity index (χ0) is 16.7. The summed E-state index contributed by atoms with van der Waals surface area (Å²) in [5.74, 6) is 1.16. The fraction of sp³-hybridized carbons (Fsp3) is 0.421. The fourth-order valence-electron chi connectivity index (χ4n) is 5.33. The summed E-state index contributed by atoms with van der Waals surface area (Å²) < 4.78 is 11.6. The number of ether oxygens (including phenoxy) is 2. The van der Waals surface area contributed by atoms with Crippen LogP contribution in [0, 0.1) is 0 Å². The molecule has 1 spiro atoms. The molecule has 2 aliphatic heterocycles. The number of nitrogens with zero attached hydrogens (tertiary/aromatic N) is 1. The lowest BCUT2D eigenvalue weighted by Crippen LogP contribution is -2.74. The van der Waals surface area contributed by atoms with Gasteiger partial charge in [-0.2, -0.15) is 0 Å². The largest absolute Gasteiger partial charge is 0.493 e. The summed E-state index contributed by atoms with van der Waals surface area (Å²) in [6.07, 6.45) is 5.59. The second-order valence-corrected chi connectivity index (χ2v) is 7.05. The molecule has 1 saturated heterocycles. The Kier molecular flexibility index (Phi) is 2.48. The molecule has 124 valence electrons. The van der Waals surface area contributed by atoms with Crippen LogP contribution in [0.5, 0.6) is 11.5 Å². The molecule has 1 N–H and O–H groups in total. The monoisotopic (exact) mass is 325 g/mol. The lowest BCUT2D eigenvalue weighted by molar-refractivity contribution is -0.149. The molecule has 0 aromatic heterocycles. The van der Waals surface area contributed by atoms with Crippen molar-refractivity contribution in [3.8, 4) is 11.5 Å². The van der Waals surface area contributed by atoms with Gasteiger partial charge in [0.25, 0.3) is 0 Å². The van der Waals surface area contributed by atoms with E-state index in [1.807, 2.05) is 12.1 Å². The maximum absolute atomic E-state index is 12.6. The van der Waals surface area contributed by atoms with Crippen molar-refractivity contribution in [2.45, 2.75) is 36.0 Å². The molecule has 0 radical (unpaired) electrons. The molecule has 4 unspecified atom stereocenters. The van der Waals surface area contributed by atoms with Crippen molar-refractivity contribution in [2.75, 3.05) is 13.7 Å². The molecule has 5 heteroatoms. The van der Waals surface area contributed by atoms with E-state index < -0.39 is 17.1 Å². The standard InChI is InChI=1S/C19H19NO4/c1-3-20-9-8-18-15-11-4-5-13(23-2)16(15)24-17(18)12(21)6-7-19(18,22)14(20)10-11/h3-7,14,17,22H,1,8-10H2,2H3. The normalized spacial score (nSPS) is 37.8. The van der Waals surface area contributed by atoms with Crippen molar-refractivity contribution < 1.29 is 19.4 Å². The third-order valence-electron chi connectivity index (χ3n) is 6.35. The van der Waals surface area contributed by atoms with E-state index in [9.17, 15) is 9.90 Å². The molecular formula is C19H19NO4. The van der Waals surface area contributed by atoms with E-state index in [0.29, 0.717) is 24.3 Å². The predicted molar refractivity (Wildman–Crippen MR) is 87.2 cm³/mol. The molecule has 2 bridgehead atoms. The van der Waals surface area contributed by atoms with Crippen molar-refractivity contribution in [2.24, 2.45) is 0 Å². The highest BCUT2D eigenvalue weighted by Crippen LogP contribution is 2.63. The lowest BCUT2D eigenvalue weighted by atomic mass is 9.51. The third-order valence-corrected chi connectivity index (χ3v) is 6.35. The van der Waals surface area contributed by atoms with Crippen LogP contribution in [0.3, 0.4) is 0 Å². The second-order valence-electron chi connectivity index (χ2n) is 7.05. The first-order chi connectivity index (χ1) is 11.6. The molecule has 0 amide bonds. The average molecular weight is 325 g/mol. The Hall–Kier alpha value is -2.27. The summed E-state index contributed by atoms with van der Waals surface area (Å²) >= 11 is 0. The summed E-state index contributed by atoms with van der Waals surface area (Å²) in [5.41, 5.74) is 0.202. The number of hydrogen-bond acceptors (Lipinski definition) is 5. The number of piperidine rings is 1. The molecule has 2 heterocycles.